The second-order valence-corrected chi connectivity index (χ2v) is 12.5. The molecular formula is C24H26ClF5N4O4S. The monoisotopic (exact) mass is 596 g/mol. The number of carbonyl (C=O) groups is 2. The summed E-state index contributed by atoms with van der Waals surface area (Å²) in [4.78, 5) is 30.5. The van der Waals surface area contributed by atoms with Crippen LogP contribution in [0.3, 0.4) is 0 Å². The fourth-order valence-corrected chi connectivity index (χ4v) is 4.95. The predicted molar refractivity (Wildman–Crippen MR) is 136 cm³/mol. The molecule has 0 aliphatic carbocycles. The molecule has 8 nitrogen and oxygen atoms in total. The Morgan fingerprint density at radius 3 is 2.33 bits per heavy atom. The van der Waals surface area contributed by atoms with E-state index in [9.17, 15) is 35.8 Å². The first-order chi connectivity index (χ1) is 17.8. The lowest BCUT2D eigenvalue weighted by atomic mass is 10.0. The molecule has 0 spiro atoms. The third kappa shape index (κ3) is 8.01. The Morgan fingerprint density at radius 1 is 1.15 bits per heavy atom. The molecule has 3 rings (SSSR count). The number of piperidine rings is 1. The number of nitrogens with one attached hydrogen (secondary N) is 1. The topological polar surface area (TPSA) is 101 Å². The maximum Gasteiger partial charge on any atom is 0.442 e. The number of alkyl halides is 5. The number of benzene rings is 1. The molecule has 0 radical (unpaired) electrons. The van der Waals surface area contributed by atoms with E-state index in [2.05, 4.69) is 14.7 Å². The van der Waals surface area contributed by atoms with Crippen molar-refractivity contribution >= 4 is 44.7 Å². The average molecular weight is 597 g/mol. The zero-order valence-electron chi connectivity index (χ0n) is 21.4. The van der Waals surface area contributed by atoms with E-state index in [1.165, 1.54) is 23.2 Å². The first-order valence-corrected chi connectivity index (χ1v) is 13.8. The summed E-state index contributed by atoms with van der Waals surface area (Å²) in [6, 6.07) is 3.99. The van der Waals surface area contributed by atoms with Gasteiger partial charge in [0.15, 0.2) is 0 Å². The average Bonchev–Trinajstić information content (AvgIpc) is 2.77. The van der Waals surface area contributed by atoms with Gasteiger partial charge in [0.1, 0.15) is 20.4 Å². The number of amides is 2. The molecule has 2 heterocycles. The van der Waals surface area contributed by atoms with Crippen LogP contribution in [0, 0.1) is 0 Å². The summed E-state index contributed by atoms with van der Waals surface area (Å²) in [5.74, 6) is -3.87. The van der Waals surface area contributed by atoms with E-state index in [4.69, 9.17) is 16.3 Å². The third-order valence-electron chi connectivity index (χ3n) is 5.49. The minimum absolute atomic E-state index is 0.0334. The maximum absolute atomic E-state index is 13.7. The highest BCUT2D eigenvalue weighted by molar-refractivity contribution is 7.93. The van der Waals surface area contributed by atoms with E-state index < -0.39 is 62.9 Å². The van der Waals surface area contributed by atoms with Gasteiger partial charge in [0.05, 0.1) is 21.8 Å². The lowest BCUT2D eigenvalue weighted by Crippen LogP contribution is -2.40. The van der Waals surface area contributed by atoms with Gasteiger partial charge in [-0.2, -0.15) is 13.2 Å². The molecule has 1 aromatic heterocycles. The second kappa shape index (κ2) is 10.9. The number of halogens is 6. The normalized spacial score (nSPS) is 17.2. The van der Waals surface area contributed by atoms with Gasteiger partial charge in [0.25, 0.3) is 11.8 Å². The molecule has 1 aliphatic rings. The SMILES string of the molecule is CC(C)(C)OC(=O)N=[S@@](C)(=O)c1cc(NC(=O)c2cc(Cl)c(C(F)(F)F)cc2N2CCC(F)(F)CC2)ccn1. The Balaban J connectivity index is 1.96. The van der Waals surface area contributed by atoms with Crippen LogP contribution in [0.25, 0.3) is 0 Å². The van der Waals surface area contributed by atoms with Crippen LogP contribution in [0.15, 0.2) is 39.9 Å². The fourth-order valence-electron chi connectivity index (χ4n) is 3.66. The van der Waals surface area contributed by atoms with Gasteiger partial charge in [-0.1, -0.05) is 11.6 Å². The molecule has 1 aliphatic heterocycles. The molecule has 1 aromatic carbocycles. The van der Waals surface area contributed by atoms with E-state index in [-0.39, 0.29) is 35.1 Å². The number of hydrogen-bond donors (Lipinski definition) is 1. The summed E-state index contributed by atoms with van der Waals surface area (Å²) in [7, 11) is -3.41. The van der Waals surface area contributed by atoms with Gasteiger partial charge in [-0.25, -0.2) is 22.8 Å². The highest BCUT2D eigenvalue weighted by Crippen LogP contribution is 2.40. The minimum atomic E-state index is -4.85. The molecule has 2 aromatic rings. The van der Waals surface area contributed by atoms with Gasteiger partial charge in [0, 0.05) is 44.1 Å². The number of ether oxygens (including phenoxy) is 1. The van der Waals surface area contributed by atoms with Crippen LogP contribution in [0.2, 0.25) is 5.02 Å². The highest BCUT2D eigenvalue weighted by atomic mass is 35.5. The lowest BCUT2D eigenvalue weighted by molar-refractivity contribution is -0.137. The van der Waals surface area contributed by atoms with Gasteiger partial charge >= 0.3 is 12.3 Å². The minimum Gasteiger partial charge on any atom is -0.442 e. The summed E-state index contributed by atoms with van der Waals surface area (Å²) >= 11 is 5.85. The molecule has 15 heteroatoms. The lowest BCUT2D eigenvalue weighted by Gasteiger charge is -2.34. The van der Waals surface area contributed by atoms with Crippen molar-refractivity contribution in [3.8, 4) is 0 Å². The van der Waals surface area contributed by atoms with Crippen LogP contribution in [0.4, 0.5) is 38.1 Å². The van der Waals surface area contributed by atoms with E-state index in [0.29, 0.717) is 6.07 Å². The number of pyridine rings is 1. The largest absolute Gasteiger partial charge is 0.442 e. The number of hydrogen-bond acceptors (Lipinski definition) is 6. The molecule has 0 unspecified atom stereocenters. The second-order valence-electron chi connectivity index (χ2n) is 9.90. The molecule has 0 bridgehead atoms. The van der Waals surface area contributed by atoms with Crippen molar-refractivity contribution in [2.75, 3.05) is 29.6 Å². The Bertz CT molecular complexity index is 1390. The van der Waals surface area contributed by atoms with Crippen LogP contribution in [-0.2, 0) is 20.6 Å². The smallest absolute Gasteiger partial charge is 0.442 e. The van der Waals surface area contributed by atoms with Crippen molar-refractivity contribution in [1.29, 1.82) is 0 Å². The number of carbonyl (C=O) groups excluding carboxylic acids is 2. The van der Waals surface area contributed by atoms with Crippen LogP contribution in [-0.4, -0.2) is 52.1 Å². The van der Waals surface area contributed by atoms with Gasteiger partial charge in [-0.15, -0.1) is 4.36 Å². The Morgan fingerprint density at radius 2 is 1.77 bits per heavy atom. The van der Waals surface area contributed by atoms with Crippen LogP contribution < -0.4 is 10.2 Å². The van der Waals surface area contributed by atoms with Crippen molar-refractivity contribution in [3.63, 3.8) is 0 Å². The maximum atomic E-state index is 13.7. The summed E-state index contributed by atoms with van der Waals surface area (Å²) in [5.41, 5.74) is -2.56. The molecule has 1 N–H and O–H groups in total. The Labute approximate surface area is 227 Å². The van der Waals surface area contributed by atoms with Crippen LogP contribution in [0.5, 0.6) is 0 Å². The first kappa shape index (κ1) is 30.5. The van der Waals surface area contributed by atoms with Crippen LogP contribution >= 0.6 is 11.6 Å². The zero-order chi connectivity index (χ0) is 29.4. The van der Waals surface area contributed by atoms with Gasteiger partial charge in [-0.3, -0.25) is 4.79 Å². The van der Waals surface area contributed by atoms with E-state index in [1.807, 2.05) is 0 Å². The van der Waals surface area contributed by atoms with Gasteiger partial charge < -0.3 is 15.0 Å². The van der Waals surface area contributed by atoms with E-state index >= 15 is 0 Å². The molecular weight excluding hydrogens is 571 g/mol. The van der Waals surface area contributed by atoms with Crippen molar-refractivity contribution < 1.29 is 40.5 Å². The molecule has 39 heavy (non-hydrogen) atoms. The Kier molecular flexibility index (Phi) is 8.51. The highest BCUT2D eigenvalue weighted by Gasteiger charge is 2.38. The number of anilines is 2. The summed E-state index contributed by atoms with van der Waals surface area (Å²) < 4.78 is 89.7. The summed E-state index contributed by atoms with van der Waals surface area (Å²) in [5, 5.41) is 1.55. The van der Waals surface area contributed by atoms with Crippen LogP contribution in [0.1, 0.15) is 49.5 Å². The quantitative estimate of drug-likeness (QED) is 0.398. The molecule has 214 valence electrons. The van der Waals surface area contributed by atoms with Crippen molar-refractivity contribution in [3.05, 3.63) is 46.6 Å². The molecule has 0 saturated carbocycles. The third-order valence-corrected chi connectivity index (χ3v) is 7.30. The Hall–Kier alpha value is -3.00. The number of nitrogens with zero attached hydrogens (tertiary/aromatic N) is 3. The number of aromatic nitrogens is 1. The van der Waals surface area contributed by atoms with E-state index in [1.54, 1.807) is 20.8 Å². The predicted octanol–water partition coefficient (Wildman–Crippen LogP) is 6.63. The molecule has 1 atom stereocenters. The van der Waals surface area contributed by atoms with Gasteiger partial charge in [-0.05, 0) is 45.0 Å². The molecule has 1 fully saturated rings. The molecule has 2 amide bonds. The zero-order valence-corrected chi connectivity index (χ0v) is 22.9. The first-order valence-electron chi connectivity index (χ1n) is 11.5. The molecule has 1 saturated heterocycles. The van der Waals surface area contributed by atoms with Gasteiger partial charge in [0.2, 0.25) is 0 Å². The number of rotatable bonds is 4. The van der Waals surface area contributed by atoms with Crippen molar-refractivity contribution in [2.24, 2.45) is 4.36 Å². The summed E-state index contributed by atoms with van der Waals surface area (Å²) in [6.45, 7) is 4.24. The summed E-state index contributed by atoms with van der Waals surface area (Å²) in [6.07, 6.45) is -4.80. The standard InChI is InChI=1S/C24H26ClF5N4O4S/c1-22(2,3)38-21(36)33-39(4,37)19-11-14(5-8-31-19)32-20(35)15-12-17(25)16(24(28,29)30)13-18(15)34-9-6-23(26,27)7-10-34/h5,8,11-13H,6-7,9-10H2,1-4H3,(H,31,32,35)/t39-/m0/s1. The fraction of sp³-hybridized carbons (Fsp3) is 0.458. The van der Waals surface area contributed by atoms with Crippen molar-refractivity contribution in [2.45, 2.75) is 56.3 Å². The van der Waals surface area contributed by atoms with Crippen molar-refractivity contribution in [1.82, 2.24) is 4.98 Å². The van der Waals surface area contributed by atoms with E-state index in [0.717, 1.165) is 12.3 Å².